The van der Waals surface area contributed by atoms with Crippen molar-refractivity contribution in [3.05, 3.63) is 0 Å². The molecule has 0 saturated heterocycles. The monoisotopic (exact) mass is 250 g/mol. The molecule has 0 heterocycles. The van der Waals surface area contributed by atoms with E-state index < -0.39 is 0 Å². The molecule has 0 aliphatic heterocycles. The first-order valence-electron chi connectivity index (χ1n) is 6.52. The third kappa shape index (κ3) is 10.7. The lowest BCUT2D eigenvalue weighted by molar-refractivity contribution is 0.0420. The van der Waals surface area contributed by atoms with Gasteiger partial charge in [-0.3, -0.25) is 0 Å². The predicted octanol–water partition coefficient (Wildman–Crippen LogP) is 1.31. The zero-order chi connectivity index (χ0) is 13.7. The Morgan fingerprint density at radius 2 is 1.59 bits per heavy atom. The van der Waals surface area contributed by atoms with E-state index in [4.69, 9.17) is 20.4 Å². The summed E-state index contributed by atoms with van der Waals surface area (Å²) in [7, 11) is 0. The van der Waals surface area contributed by atoms with Crippen LogP contribution >= 0.6 is 0 Å². The van der Waals surface area contributed by atoms with Gasteiger partial charge in [0.2, 0.25) is 0 Å². The van der Waals surface area contributed by atoms with E-state index in [1.165, 1.54) is 0 Å². The van der Waals surface area contributed by atoms with Crippen LogP contribution in [0.25, 0.3) is 0 Å². The van der Waals surface area contributed by atoms with Gasteiger partial charge in [0.25, 0.3) is 0 Å². The Morgan fingerprint density at radius 1 is 1.06 bits per heavy atom. The first kappa shape index (κ1) is 19.2. The number of hydrogen-bond donors (Lipinski definition) is 4. The van der Waals surface area contributed by atoms with Gasteiger partial charge in [-0.05, 0) is 26.2 Å². The van der Waals surface area contributed by atoms with Crippen molar-refractivity contribution in [3.63, 3.8) is 0 Å². The summed E-state index contributed by atoms with van der Waals surface area (Å²) in [4.78, 5) is 0. The van der Waals surface area contributed by atoms with E-state index in [2.05, 4.69) is 6.92 Å². The summed E-state index contributed by atoms with van der Waals surface area (Å²) in [6.45, 7) is 6.09. The predicted molar refractivity (Wildman–Crippen MR) is 69.8 cm³/mol. The molecule has 17 heavy (non-hydrogen) atoms. The van der Waals surface area contributed by atoms with E-state index in [1.807, 2.05) is 6.92 Å². The fraction of sp³-hybridized carbons (Fsp3) is 1.00. The molecule has 0 amide bonds. The zero-order valence-electron chi connectivity index (χ0n) is 11.5. The van der Waals surface area contributed by atoms with Crippen molar-refractivity contribution in [2.75, 3.05) is 19.8 Å². The molecule has 4 heteroatoms. The average molecular weight is 250 g/mol. The normalized spacial score (nSPS) is 12.9. The number of hydrogen-bond acceptors (Lipinski definition) is 4. The highest BCUT2D eigenvalue weighted by atomic mass is 16.3. The van der Waals surface area contributed by atoms with E-state index in [1.54, 1.807) is 6.92 Å². The maximum atomic E-state index is 9.04. The van der Waals surface area contributed by atoms with Gasteiger partial charge in [0, 0.05) is 12.0 Å². The van der Waals surface area contributed by atoms with Crippen LogP contribution in [0.4, 0.5) is 0 Å². The summed E-state index contributed by atoms with van der Waals surface area (Å²) in [6.07, 6.45) is 4.15. The molecule has 0 aromatic heterocycles. The fourth-order valence-electron chi connectivity index (χ4n) is 1.35. The summed E-state index contributed by atoms with van der Waals surface area (Å²) in [6, 6.07) is 0. The maximum Gasteiger partial charge on any atom is 0.0533 e. The van der Waals surface area contributed by atoms with Crippen LogP contribution in [0.2, 0.25) is 0 Å². The van der Waals surface area contributed by atoms with Gasteiger partial charge in [-0.2, -0.15) is 0 Å². The van der Waals surface area contributed by atoms with Gasteiger partial charge in [-0.25, -0.2) is 0 Å². The molecule has 0 spiro atoms. The molecule has 0 radical (unpaired) electrons. The van der Waals surface area contributed by atoms with Crippen LogP contribution in [-0.2, 0) is 0 Å². The second kappa shape index (κ2) is 12.3. The molecule has 0 aliphatic rings. The lowest BCUT2D eigenvalue weighted by Gasteiger charge is -2.27. The largest absolute Gasteiger partial charge is 0.396 e. The van der Waals surface area contributed by atoms with Crippen molar-refractivity contribution in [2.24, 2.45) is 5.41 Å². The molecule has 0 aromatic rings. The van der Waals surface area contributed by atoms with Gasteiger partial charge < -0.3 is 20.4 Å². The number of aliphatic hydroxyl groups is 4. The van der Waals surface area contributed by atoms with Crippen molar-refractivity contribution in [3.8, 4) is 0 Å². The lowest BCUT2D eigenvalue weighted by atomic mass is 9.82. The van der Waals surface area contributed by atoms with Gasteiger partial charge in [-0.15, -0.1) is 0 Å². The third-order valence-corrected chi connectivity index (χ3v) is 3.03. The Morgan fingerprint density at radius 3 is 1.76 bits per heavy atom. The lowest BCUT2D eigenvalue weighted by Crippen LogP contribution is -2.28. The van der Waals surface area contributed by atoms with Gasteiger partial charge in [0.05, 0.1) is 19.3 Å². The first-order chi connectivity index (χ1) is 8.01. The van der Waals surface area contributed by atoms with E-state index >= 15 is 0 Å². The van der Waals surface area contributed by atoms with E-state index in [-0.39, 0.29) is 31.3 Å². The third-order valence-electron chi connectivity index (χ3n) is 3.03. The van der Waals surface area contributed by atoms with Crippen molar-refractivity contribution < 1.29 is 20.4 Å². The van der Waals surface area contributed by atoms with Crippen LogP contribution < -0.4 is 0 Å². The molecular formula is C13H30O4. The molecule has 4 N–H and O–H groups in total. The molecule has 1 unspecified atom stereocenters. The van der Waals surface area contributed by atoms with Crippen LogP contribution in [-0.4, -0.2) is 46.4 Å². The second-order valence-electron chi connectivity index (χ2n) is 4.63. The molecular weight excluding hydrogens is 220 g/mol. The Balaban J connectivity index is 0. The van der Waals surface area contributed by atoms with Crippen LogP contribution in [0.1, 0.15) is 52.9 Å². The van der Waals surface area contributed by atoms with E-state index in [0.29, 0.717) is 6.42 Å². The Bertz CT molecular complexity index is 136. The van der Waals surface area contributed by atoms with Gasteiger partial charge in [-0.1, -0.05) is 26.7 Å². The van der Waals surface area contributed by atoms with Crippen molar-refractivity contribution in [1.29, 1.82) is 0 Å². The molecule has 0 fully saturated rings. The highest BCUT2D eigenvalue weighted by Gasteiger charge is 2.25. The molecule has 0 bridgehead atoms. The van der Waals surface area contributed by atoms with Gasteiger partial charge in [0.1, 0.15) is 0 Å². The standard InChI is InChI=1S/C9H20O2.C4H10O2/c1-3-5-6-9(4-2,7-10)8-11;1-4(6)2-3-5/h10-11H,3-8H2,1-2H3;4-6H,2-3H2,1H3. The smallest absolute Gasteiger partial charge is 0.0533 e. The van der Waals surface area contributed by atoms with Crippen molar-refractivity contribution in [1.82, 2.24) is 0 Å². The SMILES string of the molecule is CC(O)CCO.CCCCC(CC)(CO)CO. The molecule has 106 valence electrons. The Labute approximate surface area is 105 Å². The number of unbranched alkanes of at least 4 members (excludes halogenated alkanes) is 1. The number of aliphatic hydroxyl groups excluding tert-OH is 4. The summed E-state index contributed by atoms with van der Waals surface area (Å²) < 4.78 is 0. The van der Waals surface area contributed by atoms with Crippen LogP contribution in [0, 0.1) is 5.41 Å². The highest BCUT2D eigenvalue weighted by molar-refractivity contribution is 4.75. The van der Waals surface area contributed by atoms with Crippen LogP contribution in [0.15, 0.2) is 0 Å². The summed E-state index contributed by atoms with van der Waals surface area (Å²) >= 11 is 0. The quantitative estimate of drug-likeness (QED) is 0.523. The van der Waals surface area contributed by atoms with Gasteiger partial charge >= 0.3 is 0 Å². The summed E-state index contributed by atoms with van der Waals surface area (Å²) in [5.74, 6) is 0. The zero-order valence-corrected chi connectivity index (χ0v) is 11.5. The minimum absolute atomic E-state index is 0.0810. The molecule has 0 aromatic carbocycles. The molecule has 1 atom stereocenters. The van der Waals surface area contributed by atoms with Crippen LogP contribution in [0.5, 0.6) is 0 Å². The summed E-state index contributed by atoms with van der Waals surface area (Å²) in [5, 5.41) is 34.6. The summed E-state index contributed by atoms with van der Waals surface area (Å²) in [5.41, 5.74) is -0.212. The maximum absolute atomic E-state index is 9.04. The van der Waals surface area contributed by atoms with Crippen LogP contribution in [0.3, 0.4) is 0 Å². The van der Waals surface area contributed by atoms with Crippen molar-refractivity contribution >= 4 is 0 Å². The Kier molecular flexibility index (Phi) is 13.9. The molecule has 0 saturated carbocycles. The van der Waals surface area contributed by atoms with Gasteiger partial charge in [0.15, 0.2) is 0 Å². The Hall–Kier alpha value is -0.160. The first-order valence-corrected chi connectivity index (χ1v) is 6.52. The van der Waals surface area contributed by atoms with E-state index in [9.17, 15) is 0 Å². The molecule has 0 aliphatic carbocycles. The minimum atomic E-state index is -0.352. The second-order valence-corrected chi connectivity index (χ2v) is 4.63. The highest BCUT2D eigenvalue weighted by Crippen LogP contribution is 2.27. The topological polar surface area (TPSA) is 80.9 Å². The van der Waals surface area contributed by atoms with E-state index in [0.717, 1.165) is 25.7 Å². The minimum Gasteiger partial charge on any atom is -0.396 e. The number of rotatable bonds is 8. The van der Waals surface area contributed by atoms with Crippen molar-refractivity contribution in [2.45, 2.75) is 59.0 Å². The molecule has 0 rings (SSSR count). The fourth-order valence-corrected chi connectivity index (χ4v) is 1.35. The molecule has 4 nitrogen and oxygen atoms in total. The average Bonchev–Trinajstić information content (AvgIpc) is 2.32.